The molecule has 2 fully saturated rings. The lowest BCUT2D eigenvalue weighted by atomic mass is 9.96. The van der Waals surface area contributed by atoms with Gasteiger partial charge in [0.25, 0.3) is 0 Å². The summed E-state index contributed by atoms with van der Waals surface area (Å²) in [6.45, 7) is 5.64. The van der Waals surface area contributed by atoms with Crippen LogP contribution in [0.4, 0.5) is 0 Å². The Labute approximate surface area is 139 Å². The lowest BCUT2D eigenvalue weighted by Gasteiger charge is -2.41. The van der Waals surface area contributed by atoms with E-state index in [1.54, 1.807) is 0 Å². The zero-order chi connectivity index (χ0) is 16.3. The number of hydrogen-bond acceptors (Lipinski definition) is 3. The van der Waals surface area contributed by atoms with Crippen molar-refractivity contribution in [2.45, 2.75) is 57.2 Å². The number of carbonyl (C=O) groups is 1. The summed E-state index contributed by atoms with van der Waals surface area (Å²) >= 11 is 0. The van der Waals surface area contributed by atoms with Crippen molar-refractivity contribution in [3.05, 3.63) is 35.9 Å². The van der Waals surface area contributed by atoms with Crippen LogP contribution in [0.1, 0.15) is 44.6 Å². The highest BCUT2D eigenvalue weighted by Gasteiger charge is 2.36. The molecule has 4 nitrogen and oxygen atoms in total. The van der Waals surface area contributed by atoms with Crippen molar-refractivity contribution in [1.29, 1.82) is 0 Å². The van der Waals surface area contributed by atoms with Crippen molar-refractivity contribution < 1.29 is 9.90 Å². The molecule has 0 spiro atoms. The first kappa shape index (κ1) is 16.5. The van der Waals surface area contributed by atoms with Crippen LogP contribution in [0.5, 0.6) is 0 Å². The van der Waals surface area contributed by atoms with E-state index in [1.165, 1.54) is 5.56 Å². The van der Waals surface area contributed by atoms with E-state index in [4.69, 9.17) is 0 Å². The molecular formula is C19H28N2O2. The SMILES string of the molecule is C[C@@H]1CN(Cc2ccccc2)CCN1C(=O)CC1(O)CCCC1. The Balaban J connectivity index is 1.53. The van der Waals surface area contributed by atoms with E-state index >= 15 is 0 Å². The molecule has 0 radical (unpaired) electrons. The largest absolute Gasteiger partial charge is 0.389 e. The smallest absolute Gasteiger partial charge is 0.225 e. The second kappa shape index (κ2) is 7.02. The molecular weight excluding hydrogens is 288 g/mol. The summed E-state index contributed by atoms with van der Waals surface area (Å²) in [5.74, 6) is 0.126. The lowest BCUT2D eigenvalue weighted by Crippen LogP contribution is -2.54. The molecule has 0 bridgehead atoms. The molecule has 1 aliphatic carbocycles. The van der Waals surface area contributed by atoms with Crippen LogP contribution in [-0.4, -0.2) is 52.1 Å². The Morgan fingerprint density at radius 3 is 2.57 bits per heavy atom. The summed E-state index contributed by atoms with van der Waals surface area (Å²) in [6, 6.07) is 10.7. The topological polar surface area (TPSA) is 43.8 Å². The molecule has 1 saturated heterocycles. The van der Waals surface area contributed by atoms with Gasteiger partial charge in [-0.05, 0) is 25.3 Å². The molecule has 1 aromatic carbocycles. The van der Waals surface area contributed by atoms with Gasteiger partial charge in [-0.15, -0.1) is 0 Å². The molecule has 23 heavy (non-hydrogen) atoms. The maximum Gasteiger partial charge on any atom is 0.225 e. The second-order valence-corrected chi connectivity index (χ2v) is 7.27. The number of aliphatic hydroxyl groups is 1. The van der Waals surface area contributed by atoms with E-state index in [1.807, 2.05) is 11.0 Å². The molecule has 126 valence electrons. The zero-order valence-electron chi connectivity index (χ0n) is 14.1. The minimum atomic E-state index is -0.738. The van der Waals surface area contributed by atoms with Gasteiger partial charge in [-0.25, -0.2) is 0 Å². The fourth-order valence-corrected chi connectivity index (χ4v) is 3.98. The van der Waals surface area contributed by atoms with Crippen molar-refractivity contribution in [2.24, 2.45) is 0 Å². The van der Waals surface area contributed by atoms with Gasteiger partial charge in [0, 0.05) is 32.2 Å². The predicted molar refractivity (Wildman–Crippen MR) is 90.9 cm³/mol. The first-order valence-corrected chi connectivity index (χ1v) is 8.84. The monoisotopic (exact) mass is 316 g/mol. The maximum absolute atomic E-state index is 12.6. The Bertz CT molecular complexity index is 525. The predicted octanol–water partition coefficient (Wildman–Crippen LogP) is 2.41. The lowest BCUT2D eigenvalue weighted by molar-refractivity contribution is -0.140. The summed E-state index contributed by atoms with van der Waals surface area (Å²) in [5.41, 5.74) is 0.581. The van der Waals surface area contributed by atoms with Crippen LogP contribution in [0.25, 0.3) is 0 Å². The molecule has 1 atom stereocenters. The number of rotatable bonds is 4. The van der Waals surface area contributed by atoms with E-state index in [0.29, 0.717) is 6.42 Å². The highest BCUT2D eigenvalue weighted by Crippen LogP contribution is 2.33. The first-order valence-electron chi connectivity index (χ1n) is 8.84. The quantitative estimate of drug-likeness (QED) is 0.928. The minimum absolute atomic E-state index is 0.126. The molecule has 0 aromatic heterocycles. The number of carbonyl (C=O) groups excluding carboxylic acids is 1. The summed E-state index contributed by atoms with van der Waals surface area (Å²) in [7, 11) is 0. The van der Waals surface area contributed by atoms with Gasteiger partial charge in [-0.1, -0.05) is 43.2 Å². The highest BCUT2D eigenvalue weighted by atomic mass is 16.3. The maximum atomic E-state index is 12.6. The molecule has 3 rings (SSSR count). The van der Waals surface area contributed by atoms with E-state index < -0.39 is 5.60 Å². The van der Waals surface area contributed by atoms with E-state index in [-0.39, 0.29) is 11.9 Å². The summed E-state index contributed by atoms with van der Waals surface area (Å²) in [5, 5.41) is 10.5. The summed E-state index contributed by atoms with van der Waals surface area (Å²) < 4.78 is 0. The van der Waals surface area contributed by atoms with E-state index in [9.17, 15) is 9.90 Å². The molecule has 1 saturated carbocycles. The average molecular weight is 316 g/mol. The van der Waals surface area contributed by atoms with Crippen LogP contribution in [-0.2, 0) is 11.3 Å². The fourth-order valence-electron chi connectivity index (χ4n) is 3.98. The Morgan fingerprint density at radius 2 is 1.91 bits per heavy atom. The molecule has 1 heterocycles. The van der Waals surface area contributed by atoms with Crippen LogP contribution in [0.15, 0.2) is 30.3 Å². The van der Waals surface area contributed by atoms with Crippen LogP contribution < -0.4 is 0 Å². The zero-order valence-corrected chi connectivity index (χ0v) is 14.1. The molecule has 0 unspecified atom stereocenters. The van der Waals surface area contributed by atoms with Crippen molar-refractivity contribution in [2.75, 3.05) is 19.6 Å². The van der Waals surface area contributed by atoms with E-state index in [2.05, 4.69) is 36.1 Å². The number of amides is 1. The van der Waals surface area contributed by atoms with Gasteiger partial charge in [-0.3, -0.25) is 9.69 Å². The Hall–Kier alpha value is -1.39. The molecule has 1 amide bonds. The van der Waals surface area contributed by atoms with Crippen molar-refractivity contribution in [3.63, 3.8) is 0 Å². The number of piperazine rings is 1. The van der Waals surface area contributed by atoms with Crippen LogP contribution in [0.3, 0.4) is 0 Å². The summed E-state index contributed by atoms with van der Waals surface area (Å²) in [4.78, 5) is 17.0. The third-order valence-corrected chi connectivity index (χ3v) is 5.30. The highest BCUT2D eigenvalue weighted by molar-refractivity contribution is 5.77. The molecule has 1 aromatic rings. The minimum Gasteiger partial charge on any atom is -0.389 e. The normalized spacial score (nSPS) is 24.8. The molecule has 4 heteroatoms. The third-order valence-electron chi connectivity index (χ3n) is 5.30. The van der Waals surface area contributed by atoms with Gasteiger partial charge in [-0.2, -0.15) is 0 Å². The van der Waals surface area contributed by atoms with Crippen molar-refractivity contribution in [1.82, 2.24) is 9.80 Å². The Morgan fingerprint density at radius 1 is 1.22 bits per heavy atom. The van der Waals surface area contributed by atoms with Gasteiger partial charge in [0.05, 0.1) is 12.0 Å². The Kier molecular flexibility index (Phi) is 5.02. The summed E-state index contributed by atoms with van der Waals surface area (Å²) in [6.07, 6.45) is 3.95. The van der Waals surface area contributed by atoms with Crippen LogP contribution in [0.2, 0.25) is 0 Å². The van der Waals surface area contributed by atoms with Crippen LogP contribution in [0, 0.1) is 0 Å². The first-order chi connectivity index (χ1) is 11.1. The second-order valence-electron chi connectivity index (χ2n) is 7.27. The van der Waals surface area contributed by atoms with E-state index in [0.717, 1.165) is 51.9 Å². The third kappa shape index (κ3) is 4.12. The number of hydrogen-bond donors (Lipinski definition) is 1. The fraction of sp³-hybridized carbons (Fsp3) is 0.632. The van der Waals surface area contributed by atoms with Crippen molar-refractivity contribution in [3.8, 4) is 0 Å². The average Bonchev–Trinajstić information content (AvgIpc) is 2.94. The van der Waals surface area contributed by atoms with Gasteiger partial charge in [0.15, 0.2) is 0 Å². The molecule has 1 N–H and O–H groups in total. The van der Waals surface area contributed by atoms with Gasteiger partial charge >= 0.3 is 0 Å². The molecule has 1 aliphatic heterocycles. The van der Waals surface area contributed by atoms with Gasteiger partial charge < -0.3 is 10.0 Å². The van der Waals surface area contributed by atoms with Crippen LogP contribution >= 0.6 is 0 Å². The number of nitrogens with zero attached hydrogens (tertiary/aromatic N) is 2. The standard InChI is InChI=1S/C19H28N2O2/c1-16-14-20(15-17-7-3-2-4-8-17)11-12-21(16)18(22)13-19(23)9-5-6-10-19/h2-4,7-8,16,23H,5-6,9-15H2,1H3/t16-/m1/s1. The number of benzene rings is 1. The van der Waals surface area contributed by atoms with Gasteiger partial charge in [0.1, 0.15) is 0 Å². The van der Waals surface area contributed by atoms with Crippen molar-refractivity contribution >= 4 is 5.91 Å². The molecule has 2 aliphatic rings. The van der Waals surface area contributed by atoms with Gasteiger partial charge in [0.2, 0.25) is 5.91 Å².